The maximum absolute atomic E-state index is 13.7. The SMILES string of the molecule is Cc1cccc(-c2c(S(=O)(=O)c3cccc(C#N)c3)cnc3cc(F)ccc23)c1. The maximum Gasteiger partial charge on any atom is 0.208 e. The second-order valence-electron chi connectivity index (χ2n) is 6.67. The Kier molecular flexibility index (Phi) is 4.61. The minimum atomic E-state index is -3.97. The Labute approximate surface area is 167 Å². The molecule has 0 aliphatic carbocycles. The average Bonchev–Trinajstić information content (AvgIpc) is 2.72. The first-order chi connectivity index (χ1) is 13.9. The van der Waals surface area contributed by atoms with Gasteiger partial charge in [-0.15, -0.1) is 0 Å². The van der Waals surface area contributed by atoms with Crippen molar-refractivity contribution in [3.8, 4) is 17.2 Å². The summed E-state index contributed by atoms with van der Waals surface area (Å²) in [5.74, 6) is -0.447. The Morgan fingerprint density at radius 2 is 1.79 bits per heavy atom. The number of aryl methyl sites for hydroxylation is 1. The number of benzene rings is 3. The molecule has 4 aromatic rings. The topological polar surface area (TPSA) is 70.8 Å². The zero-order chi connectivity index (χ0) is 20.6. The van der Waals surface area contributed by atoms with Gasteiger partial charge in [-0.1, -0.05) is 35.9 Å². The van der Waals surface area contributed by atoms with Crippen molar-refractivity contribution in [3.05, 3.63) is 89.9 Å². The summed E-state index contributed by atoms with van der Waals surface area (Å²) in [6.07, 6.45) is 1.26. The highest BCUT2D eigenvalue weighted by Gasteiger charge is 2.25. The monoisotopic (exact) mass is 402 g/mol. The molecule has 0 fully saturated rings. The van der Waals surface area contributed by atoms with Gasteiger partial charge in [0, 0.05) is 23.2 Å². The van der Waals surface area contributed by atoms with Crippen molar-refractivity contribution in [2.24, 2.45) is 0 Å². The number of pyridine rings is 1. The maximum atomic E-state index is 13.7. The zero-order valence-corrected chi connectivity index (χ0v) is 16.2. The van der Waals surface area contributed by atoms with Gasteiger partial charge < -0.3 is 0 Å². The fourth-order valence-corrected chi connectivity index (χ4v) is 4.79. The van der Waals surface area contributed by atoms with Crippen molar-refractivity contribution in [2.45, 2.75) is 16.7 Å². The van der Waals surface area contributed by atoms with E-state index in [-0.39, 0.29) is 15.4 Å². The van der Waals surface area contributed by atoms with Crippen molar-refractivity contribution in [3.63, 3.8) is 0 Å². The number of hydrogen-bond donors (Lipinski definition) is 0. The third-order valence-electron chi connectivity index (χ3n) is 4.67. The third-order valence-corrected chi connectivity index (χ3v) is 6.43. The summed E-state index contributed by atoms with van der Waals surface area (Å²) in [5, 5.41) is 9.67. The smallest absolute Gasteiger partial charge is 0.208 e. The lowest BCUT2D eigenvalue weighted by Crippen LogP contribution is -2.06. The number of hydrogen-bond acceptors (Lipinski definition) is 4. The van der Waals surface area contributed by atoms with E-state index < -0.39 is 15.7 Å². The lowest BCUT2D eigenvalue weighted by atomic mass is 10.00. The molecule has 0 aliphatic rings. The molecule has 1 heterocycles. The standard InChI is InChI=1S/C23H15FN2O2S/c1-15-4-2-6-17(10-15)23-20-9-8-18(24)12-21(20)26-14-22(23)29(27,28)19-7-3-5-16(11-19)13-25/h2-12,14H,1H3. The summed E-state index contributed by atoms with van der Waals surface area (Å²) in [6, 6.07) is 19.4. The highest BCUT2D eigenvalue weighted by atomic mass is 32.2. The first kappa shape index (κ1) is 18.8. The molecule has 0 spiro atoms. The number of fused-ring (bicyclic) bond motifs is 1. The summed E-state index contributed by atoms with van der Waals surface area (Å²) >= 11 is 0. The molecule has 0 saturated carbocycles. The molecule has 6 heteroatoms. The van der Waals surface area contributed by atoms with E-state index in [9.17, 15) is 12.8 Å². The van der Waals surface area contributed by atoms with Crippen LogP contribution in [0.4, 0.5) is 4.39 Å². The lowest BCUT2D eigenvalue weighted by Gasteiger charge is -2.14. The van der Waals surface area contributed by atoms with E-state index >= 15 is 0 Å². The molecule has 142 valence electrons. The third kappa shape index (κ3) is 3.37. The molecule has 4 nitrogen and oxygen atoms in total. The normalized spacial score (nSPS) is 11.3. The summed E-state index contributed by atoms with van der Waals surface area (Å²) in [7, 11) is -3.97. The van der Waals surface area contributed by atoms with Crippen LogP contribution < -0.4 is 0 Å². The molecule has 0 N–H and O–H groups in total. The number of rotatable bonds is 3. The van der Waals surface area contributed by atoms with E-state index in [1.807, 2.05) is 37.3 Å². The highest BCUT2D eigenvalue weighted by molar-refractivity contribution is 7.91. The van der Waals surface area contributed by atoms with Crippen LogP contribution in [0.3, 0.4) is 0 Å². The molecule has 0 amide bonds. The Balaban J connectivity index is 2.08. The molecule has 0 unspecified atom stereocenters. The molecule has 29 heavy (non-hydrogen) atoms. The summed E-state index contributed by atoms with van der Waals surface area (Å²) < 4.78 is 40.7. The van der Waals surface area contributed by atoms with Crippen LogP contribution in [0, 0.1) is 24.1 Å². The predicted octanol–water partition coefficient (Wildman–Crippen LogP) is 5.05. The second kappa shape index (κ2) is 7.12. The van der Waals surface area contributed by atoms with Gasteiger partial charge in [0.15, 0.2) is 0 Å². The summed E-state index contributed by atoms with van der Waals surface area (Å²) in [4.78, 5) is 4.22. The number of halogens is 1. The Hall–Kier alpha value is -3.56. The quantitative estimate of drug-likeness (QED) is 0.481. The number of nitrogens with zero attached hydrogens (tertiary/aromatic N) is 2. The Bertz CT molecular complexity index is 1410. The fraction of sp³-hybridized carbons (Fsp3) is 0.0435. The van der Waals surface area contributed by atoms with Crippen LogP contribution in [0.2, 0.25) is 0 Å². The van der Waals surface area contributed by atoms with Gasteiger partial charge in [0.2, 0.25) is 9.84 Å². The molecule has 0 aliphatic heterocycles. The molecule has 4 rings (SSSR count). The largest absolute Gasteiger partial charge is 0.255 e. The molecule has 0 atom stereocenters. The van der Waals surface area contributed by atoms with Crippen LogP contribution in [0.25, 0.3) is 22.0 Å². The Morgan fingerprint density at radius 3 is 2.55 bits per heavy atom. The van der Waals surface area contributed by atoms with Crippen molar-refractivity contribution < 1.29 is 12.8 Å². The first-order valence-electron chi connectivity index (χ1n) is 8.81. The van der Waals surface area contributed by atoms with Gasteiger partial charge in [-0.05, 0) is 42.8 Å². The second-order valence-corrected chi connectivity index (χ2v) is 8.59. The van der Waals surface area contributed by atoms with Gasteiger partial charge in [0.25, 0.3) is 0 Å². The van der Waals surface area contributed by atoms with Gasteiger partial charge in [-0.25, -0.2) is 12.8 Å². The van der Waals surface area contributed by atoms with E-state index in [1.54, 1.807) is 12.1 Å². The van der Waals surface area contributed by atoms with Gasteiger partial charge in [-0.2, -0.15) is 5.26 Å². The van der Waals surface area contributed by atoms with Gasteiger partial charge in [0.05, 0.1) is 26.9 Å². The first-order valence-corrected chi connectivity index (χ1v) is 10.3. The van der Waals surface area contributed by atoms with E-state index in [1.165, 1.54) is 36.5 Å². The zero-order valence-electron chi connectivity index (χ0n) is 15.4. The molecule has 0 bridgehead atoms. The van der Waals surface area contributed by atoms with Gasteiger partial charge in [0.1, 0.15) is 5.82 Å². The van der Waals surface area contributed by atoms with Crippen LogP contribution in [0.1, 0.15) is 11.1 Å². The van der Waals surface area contributed by atoms with E-state index in [0.717, 1.165) is 5.56 Å². The summed E-state index contributed by atoms with van der Waals surface area (Å²) in [6.45, 7) is 1.91. The molecule has 3 aromatic carbocycles. The van der Waals surface area contributed by atoms with E-state index in [4.69, 9.17) is 5.26 Å². The van der Waals surface area contributed by atoms with Crippen LogP contribution >= 0.6 is 0 Å². The minimum Gasteiger partial charge on any atom is -0.255 e. The van der Waals surface area contributed by atoms with Gasteiger partial charge in [-0.3, -0.25) is 4.98 Å². The minimum absolute atomic E-state index is 0.00807. The van der Waals surface area contributed by atoms with Crippen LogP contribution in [0.5, 0.6) is 0 Å². The van der Waals surface area contributed by atoms with Crippen LogP contribution in [0.15, 0.2) is 82.7 Å². The van der Waals surface area contributed by atoms with Crippen LogP contribution in [-0.2, 0) is 9.84 Å². The molecule has 1 aromatic heterocycles. The number of nitriles is 1. The fourth-order valence-electron chi connectivity index (χ4n) is 3.31. The van der Waals surface area contributed by atoms with Crippen molar-refractivity contribution in [2.75, 3.05) is 0 Å². The molecular weight excluding hydrogens is 387 g/mol. The lowest BCUT2D eigenvalue weighted by molar-refractivity contribution is 0.596. The molecule has 0 saturated heterocycles. The Morgan fingerprint density at radius 1 is 1.00 bits per heavy atom. The number of sulfone groups is 1. The van der Waals surface area contributed by atoms with Crippen LogP contribution in [-0.4, -0.2) is 13.4 Å². The highest BCUT2D eigenvalue weighted by Crippen LogP contribution is 2.37. The predicted molar refractivity (Wildman–Crippen MR) is 108 cm³/mol. The summed E-state index contributed by atoms with van der Waals surface area (Å²) in [5.41, 5.74) is 2.73. The molecule has 0 radical (unpaired) electrons. The molecular formula is C23H15FN2O2S. The van der Waals surface area contributed by atoms with Crippen molar-refractivity contribution in [1.29, 1.82) is 5.26 Å². The number of aromatic nitrogens is 1. The van der Waals surface area contributed by atoms with Gasteiger partial charge >= 0.3 is 0 Å². The van der Waals surface area contributed by atoms with E-state index in [0.29, 0.717) is 22.0 Å². The van der Waals surface area contributed by atoms with Crippen molar-refractivity contribution in [1.82, 2.24) is 4.98 Å². The average molecular weight is 402 g/mol. The van der Waals surface area contributed by atoms with Crippen molar-refractivity contribution >= 4 is 20.7 Å². The van der Waals surface area contributed by atoms with E-state index in [2.05, 4.69) is 4.98 Å².